The molecule has 0 radical (unpaired) electrons. The van der Waals surface area contributed by atoms with Crippen molar-refractivity contribution in [2.45, 2.75) is 38.3 Å². The van der Waals surface area contributed by atoms with Crippen molar-refractivity contribution in [3.8, 4) is 5.69 Å². The molecule has 23 heavy (non-hydrogen) atoms. The highest BCUT2D eigenvalue weighted by molar-refractivity contribution is 5.85. The Bertz CT molecular complexity index is 615. The maximum absolute atomic E-state index is 12.2. The number of carbonyl (C=O) groups is 1. The zero-order chi connectivity index (χ0) is 15.4. The molecule has 1 saturated heterocycles. The standard InChI is InChI=1S/C15H20N6O.ClH/c1-11-14(3-2-8-16-11)18-15(22)9-12-4-6-13(7-5-12)21-10-17-19-20-21;/h4-7,10-11,14,16H,2-3,8-9H2,1H3,(H,18,22);1H. The monoisotopic (exact) mass is 336 g/mol. The molecule has 0 aliphatic carbocycles. The first kappa shape index (κ1) is 17.4. The van der Waals surface area contributed by atoms with E-state index in [1.165, 1.54) is 0 Å². The third kappa shape index (κ3) is 4.49. The molecule has 2 aromatic rings. The van der Waals surface area contributed by atoms with E-state index in [1.54, 1.807) is 11.0 Å². The van der Waals surface area contributed by atoms with Gasteiger partial charge in [-0.3, -0.25) is 4.79 Å². The number of aromatic nitrogens is 4. The smallest absolute Gasteiger partial charge is 0.224 e. The minimum absolute atomic E-state index is 0. The summed E-state index contributed by atoms with van der Waals surface area (Å²) < 4.78 is 1.58. The lowest BCUT2D eigenvalue weighted by Gasteiger charge is -2.30. The van der Waals surface area contributed by atoms with Crippen molar-refractivity contribution < 1.29 is 4.79 Å². The van der Waals surface area contributed by atoms with Gasteiger partial charge < -0.3 is 10.6 Å². The highest BCUT2D eigenvalue weighted by Gasteiger charge is 2.22. The SMILES string of the molecule is CC1NCCCC1NC(=O)Cc1ccc(-n2cnnn2)cc1.Cl. The lowest BCUT2D eigenvalue weighted by molar-refractivity contribution is -0.121. The Balaban J connectivity index is 0.00000192. The lowest BCUT2D eigenvalue weighted by atomic mass is 9.99. The number of tetrazole rings is 1. The molecule has 1 fully saturated rings. The predicted octanol–water partition coefficient (Wildman–Crippen LogP) is 0.883. The summed E-state index contributed by atoms with van der Waals surface area (Å²) in [6.07, 6.45) is 4.08. The summed E-state index contributed by atoms with van der Waals surface area (Å²) in [4.78, 5) is 12.2. The van der Waals surface area contributed by atoms with Gasteiger partial charge in [-0.05, 0) is 54.4 Å². The number of hydrogen-bond donors (Lipinski definition) is 2. The molecule has 1 aromatic heterocycles. The Morgan fingerprint density at radius 1 is 1.39 bits per heavy atom. The molecule has 1 amide bonds. The van der Waals surface area contributed by atoms with Crippen molar-refractivity contribution >= 4 is 18.3 Å². The summed E-state index contributed by atoms with van der Waals surface area (Å²) in [7, 11) is 0. The summed E-state index contributed by atoms with van der Waals surface area (Å²) in [5, 5.41) is 17.5. The second-order valence-corrected chi connectivity index (χ2v) is 5.66. The maximum Gasteiger partial charge on any atom is 0.224 e. The van der Waals surface area contributed by atoms with Crippen LogP contribution in [0.3, 0.4) is 0 Å². The molecule has 7 nitrogen and oxygen atoms in total. The van der Waals surface area contributed by atoms with Gasteiger partial charge >= 0.3 is 0 Å². The van der Waals surface area contributed by atoms with Gasteiger partial charge in [0.1, 0.15) is 6.33 Å². The molecule has 124 valence electrons. The zero-order valence-corrected chi connectivity index (χ0v) is 13.8. The highest BCUT2D eigenvalue weighted by Crippen LogP contribution is 2.10. The first-order chi connectivity index (χ1) is 10.7. The number of nitrogens with zero attached hydrogens (tertiary/aromatic N) is 4. The predicted molar refractivity (Wildman–Crippen MR) is 88.7 cm³/mol. The number of carbonyl (C=O) groups excluding carboxylic acids is 1. The largest absolute Gasteiger partial charge is 0.352 e. The fourth-order valence-corrected chi connectivity index (χ4v) is 2.73. The van der Waals surface area contributed by atoms with Crippen LogP contribution < -0.4 is 10.6 Å². The van der Waals surface area contributed by atoms with Crippen molar-refractivity contribution in [3.05, 3.63) is 36.2 Å². The molecule has 8 heteroatoms. The topological polar surface area (TPSA) is 84.7 Å². The van der Waals surface area contributed by atoms with Gasteiger partial charge in [0, 0.05) is 12.1 Å². The Kier molecular flexibility index (Phi) is 6.06. The minimum atomic E-state index is 0. The van der Waals surface area contributed by atoms with Crippen LogP contribution in [-0.4, -0.2) is 44.7 Å². The van der Waals surface area contributed by atoms with Crippen LogP contribution in [0.1, 0.15) is 25.3 Å². The van der Waals surface area contributed by atoms with E-state index in [-0.39, 0.29) is 24.4 Å². The van der Waals surface area contributed by atoms with Gasteiger partial charge in [-0.1, -0.05) is 12.1 Å². The maximum atomic E-state index is 12.2. The average Bonchev–Trinajstić information content (AvgIpc) is 3.05. The Hall–Kier alpha value is -1.99. The molecule has 2 N–H and O–H groups in total. The quantitative estimate of drug-likeness (QED) is 0.866. The van der Waals surface area contributed by atoms with E-state index in [1.807, 2.05) is 24.3 Å². The Morgan fingerprint density at radius 3 is 2.83 bits per heavy atom. The molecule has 1 aliphatic heterocycles. The molecule has 2 atom stereocenters. The number of piperidine rings is 1. The molecule has 0 bridgehead atoms. The van der Waals surface area contributed by atoms with Crippen molar-refractivity contribution in [3.63, 3.8) is 0 Å². The van der Waals surface area contributed by atoms with Crippen LogP contribution in [0.5, 0.6) is 0 Å². The van der Waals surface area contributed by atoms with Crippen LogP contribution >= 0.6 is 12.4 Å². The molecule has 0 saturated carbocycles. The first-order valence-corrected chi connectivity index (χ1v) is 7.57. The van der Waals surface area contributed by atoms with E-state index in [9.17, 15) is 4.79 Å². The van der Waals surface area contributed by atoms with Crippen molar-refractivity contribution in [2.75, 3.05) is 6.54 Å². The number of hydrogen-bond acceptors (Lipinski definition) is 5. The second-order valence-electron chi connectivity index (χ2n) is 5.66. The lowest BCUT2D eigenvalue weighted by Crippen LogP contribution is -2.52. The number of rotatable bonds is 4. The number of halogens is 1. The van der Waals surface area contributed by atoms with Gasteiger partial charge in [0.25, 0.3) is 0 Å². The van der Waals surface area contributed by atoms with E-state index >= 15 is 0 Å². The fraction of sp³-hybridized carbons (Fsp3) is 0.467. The van der Waals surface area contributed by atoms with E-state index in [0.29, 0.717) is 12.5 Å². The normalized spacial score (nSPS) is 20.6. The van der Waals surface area contributed by atoms with Crippen LogP contribution in [0.4, 0.5) is 0 Å². The number of benzene rings is 1. The van der Waals surface area contributed by atoms with Crippen LogP contribution in [0.2, 0.25) is 0 Å². The molecule has 2 unspecified atom stereocenters. The molecule has 2 heterocycles. The zero-order valence-electron chi connectivity index (χ0n) is 13.0. The molecule has 1 aromatic carbocycles. The number of nitrogens with one attached hydrogen (secondary N) is 2. The van der Waals surface area contributed by atoms with Crippen molar-refractivity contribution in [1.29, 1.82) is 0 Å². The van der Waals surface area contributed by atoms with Gasteiger partial charge in [0.2, 0.25) is 5.91 Å². The van der Waals surface area contributed by atoms with Crippen molar-refractivity contribution in [2.24, 2.45) is 0 Å². The summed E-state index contributed by atoms with van der Waals surface area (Å²) in [5.74, 6) is 0.0655. The van der Waals surface area contributed by atoms with E-state index in [4.69, 9.17) is 0 Å². The van der Waals surface area contributed by atoms with Crippen LogP contribution in [0.25, 0.3) is 5.69 Å². The molecule has 3 rings (SSSR count). The average molecular weight is 337 g/mol. The molecule has 1 aliphatic rings. The Labute approximate surface area is 141 Å². The molecular weight excluding hydrogens is 316 g/mol. The summed E-state index contributed by atoms with van der Waals surface area (Å²) in [5.41, 5.74) is 1.85. The Morgan fingerprint density at radius 2 is 2.17 bits per heavy atom. The van der Waals surface area contributed by atoms with Crippen LogP contribution in [-0.2, 0) is 11.2 Å². The summed E-state index contributed by atoms with van der Waals surface area (Å²) in [6, 6.07) is 8.23. The first-order valence-electron chi connectivity index (χ1n) is 7.57. The van der Waals surface area contributed by atoms with Gasteiger partial charge in [0.15, 0.2) is 0 Å². The fourth-order valence-electron chi connectivity index (χ4n) is 2.73. The third-order valence-electron chi connectivity index (χ3n) is 4.02. The number of amides is 1. The van der Waals surface area contributed by atoms with Gasteiger partial charge in [-0.25, -0.2) is 4.68 Å². The third-order valence-corrected chi connectivity index (χ3v) is 4.02. The van der Waals surface area contributed by atoms with E-state index in [2.05, 4.69) is 33.1 Å². The summed E-state index contributed by atoms with van der Waals surface area (Å²) in [6.45, 7) is 3.15. The van der Waals surface area contributed by atoms with Gasteiger partial charge in [-0.15, -0.1) is 17.5 Å². The highest BCUT2D eigenvalue weighted by atomic mass is 35.5. The summed E-state index contributed by atoms with van der Waals surface area (Å²) >= 11 is 0. The van der Waals surface area contributed by atoms with Gasteiger partial charge in [-0.2, -0.15) is 0 Å². The van der Waals surface area contributed by atoms with E-state index < -0.39 is 0 Å². The van der Waals surface area contributed by atoms with E-state index in [0.717, 1.165) is 30.6 Å². The minimum Gasteiger partial charge on any atom is -0.352 e. The molecule has 0 spiro atoms. The second kappa shape index (κ2) is 8.03. The van der Waals surface area contributed by atoms with Crippen LogP contribution in [0.15, 0.2) is 30.6 Å². The molecular formula is C15H21ClN6O. The van der Waals surface area contributed by atoms with Crippen LogP contribution in [0, 0.1) is 0 Å². The van der Waals surface area contributed by atoms with Crippen molar-refractivity contribution in [1.82, 2.24) is 30.8 Å². The van der Waals surface area contributed by atoms with Gasteiger partial charge in [0.05, 0.1) is 12.1 Å².